The third-order valence-electron chi connectivity index (χ3n) is 3.97. The monoisotopic (exact) mass is 372 g/mol. The van der Waals surface area contributed by atoms with Gasteiger partial charge in [0.1, 0.15) is 11.5 Å². The van der Waals surface area contributed by atoms with E-state index in [0.29, 0.717) is 17.2 Å². The first-order chi connectivity index (χ1) is 12.6. The van der Waals surface area contributed by atoms with Crippen molar-refractivity contribution in [3.8, 4) is 5.75 Å². The van der Waals surface area contributed by atoms with Gasteiger partial charge in [0.2, 0.25) is 0 Å². The lowest BCUT2D eigenvalue weighted by molar-refractivity contribution is 0.0623. The van der Waals surface area contributed by atoms with E-state index < -0.39 is 5.60 Å². The third kappa shape index (κ3) is 4.07. The molecular weight excluding hydrogens is 352 g/mol. The van der Waals surface area contributed by atoms with E-state index in [1.807, 2.05) is 41.8 Å². The summed E-state index contributed by atoms with van der Waals surface area (Å²) in [6, 6.07) is 14.1. The first-order valence-corrected chi connectivity index (χ1v) is 8.95. The molecule has 3 N–H and O–H groups in total. The highest BCUT2D eigenvalue weighted by Gasteiger charge is 2.36. The number of amides is 2. The molecule has 26 heavy (non-hydrogen) atoms. The predicted molar refractivity (Wildman–Crippen MR) is 99.3 cm³/mol. The van der Waals surface area contributed by atoms with Gasteiger partial charge >= 0.3 is 6.03 Å². The molecule has 2 heterocycles. The van der Waals surface area contributed by atoms with Gasteiger partial charge in [-0.05, 0) is 41.3 Å². The van der Waals surface area contributed by atoms with Crippen molar-refractivity contribution in [3.05, 3.63) is 76.4 Å². The molecule has 1 unspecified atom stereocenters. The lowest BCUT2D eigenvalue weighted by Crippen LogP contribution is -2.44. The number of carbonyl (C=O) groups is 1. The Kier molecular flexibility index (Phi) is 5.60. The zero-order chi connectivity index (χ0) is 18.4. The highest BCUT2D eigenvalue weighted by molar-refractivity contribution is 7.10. The summed E-state index contributed by atoms with van der Waals surface area (Å²) >= 11 is 1.40. The van der Waals surface area contributed by atoms with Gasteiger partial charge in [-0.25, -0.2) is 4.79 Å². The molecule has 0 aliphatic carbocycles. The van der Waals surface area contributed by atoms with E-state index in [1.54, 1.807) is 19.2 Å². The third-order valence-corrected chi connectivity index (χ3v) is 5.00. The molecule has 0 aliphatic heterocycles. The molecule has 0 bridgehead atoms. The number of furan rings is 1. The van der Waals surface area contributed by atoms with Crippen molar-refractivity contribution < 1.29 is 19.1 Å². The van der Waals surface area contributed by atoms with Crippen LogP contribution in [0, 0.1) is 0 Å². The largest absolute Gasteiger partial charge is 0.497 e. The Morgan fingerprint density at radius 3 is 2.62 bits per heavy atom. The van der Waals surface area contributed by atoms with Crippen LogP contribution in [0.15, 0.2) is 64.6 Å². The van der Waals surface area contributed by atoms with Crippen LogP contribution in [0.25, 0.3) is 0 Å². The van der Waals surface area contributed by atoms with Gasteiger partial charge in [-0.2, -0.15) is 0 Å². The summed E-state index contributed by atoms with van der Waals surface area (Å²) in [5.74, 6) is 1.15. The van der Waals surface area contributed by atoms with Crippen LogP contribution in [0.2, 0.25) is 0 Å². The number of aliphatic hydroxyl groups is 1. The Bertz CT molecular complexity index is 780. The molecule has 0 spiro atoms. The minimum Gasteiger partial charge on any atom is -0.497 e. The maximum Gasteiger partial charge on any atom is 0.315 e. The summed E-state index contributed by atoms with van der Waals surface area (Å²) < 4.78 is 10.5. The number of urea groups is 1. The van der Waals surface area contributed by atoms with E-state index in [-0.39, 0.29) is 12.6 Å². The number of methoxy groups -OCH3 is 1. The molecule has 1 atom stereocenters. The number of hydrogen-bond acceptors (Lipinski definition) is 5. The second-order valence-electron chi connectivity index (χ2n) is 5.70. The number of rotatable bonds is 7. The molecule has 0 aliphatic rings. The van der Waals surface area contributed by atoms with E-state index in [0.717, 1.165) is 11.3 Å². The standard InChI is InChI=1S/C19H20N2O4S/c1-24-15-8-6-14(7-9-15)12-20-18(22)21-13-19(23,16-4-2-10-25-16)17-5-3-11-26-17/h2-11,23H,12-13H2,1H3,(H2,20,21,22). The normalized spacial score (nSPS) is 13.0. The van der Waals surface area contributed by atoms with Gasteiger partial charge in [0.05, 0.1) is 19.9 Å². The second-order valence-corrected chi connectivity index (χ2v) is 6.65. The fraction of sp³-hybridized carbons (Fsp3) is 0.211. The first kappa shape index (κ1) is 18.0. The van der Waals surface area contributed by atoms with Crippen LogP contribution in [0.3, 0.4) is 0 Å². The highest BCUT2D eigenvalue weighted by atomic mass is 32.1. The van der Waals surface area contributed by atoms with Crippen LogP contribution < -0.4 is 15.4 Å². The molecule has 2 amide bonds. The average molecular weight is 372 g/mol. The van der Waals surface area contributed by atoms with Crippen molar-refractivity contribution in [2.45, 2.75) is 12.1 Å². The van der Waals surface area contributed by atoms with Crippen LogP contribution in [0.4, 0.5) is 4.79 Å². The first-order valence-electron chi connectivity index (χ1n) is 8.07. The topological polar surface area (TPSA) is 83.7 Å². The summed E-state index contributed by atoms with van der Waals surface area (Å²) in [6.07, 6.45) is 1.50. The lowest BCUT2D eigenvalue weighted by atomic mass is 9.99. The maximum atomic E-state index is 12.1. The Balaban J connectivity index is 1.59. The summed E-state index contributed by atoms with van der Waals surface area (Å²) in [4.78, 5) is 12.8. The molecule has 1 aromatic carbocycles. The molecule has 0 saturated carbocycles. The maximum absolute atomic E-state index is 12.1. The predicted octanol–water partition coefficient (Wildman–Crippen LogP) is 3.09. The van der Waals surface area contributed by atoms with E-state index in [1.165, 1.54) is 17.6 Å². The van der Waals surface area contributed by atoms with Gasteiger partial charge in [0.15, 0.2) is 5.60 Å². The average Bonchev–Trinajstić information content (AvgIpc) is 3.39. The number of carbonyl (C=O) groups excluding carboxylic acids is 1. The Morgan fingerprint density at radius 2 is 2.00 bits per heavy atom. The smallest absolute Gasteiger partial charge is 0.315 e. The van der Waals surface area contributed by atoms with E-state index >= 15 is 0 Å². The van der Waals surface area contributed by atoms with E-state index in [2.05, 4.69) is 10.6 Å². The van der Waals surface area contributed by atoms with Gasteiger partial charge in [0.25, 0.3) is 0 Å². The fourth-order valence-electron chi connectivity index (χ4n) is 2.52. The Morgan fingerprint density at radius 1 is 1.19 bits per heavy atom. The Hall–Kier alpha value is -2.77. The fourth-order valence-corrected chi connectivity index (χ4v) is 3.35. The molecule has 6 nitrogen and oxygen atoms in total. The van der Waals surface area contributed by atoms with Crippen LogP contribution in [0.5, 0.6) is 5.75 Å². The number of nitrogens with one attached hydrogen (secondary N) is 2. The second kappa shape index (κ2) is 8.07. The van der Waals surface area contributed by atoms with Crippen LogP contribution >= 0.6 is 11.3 Å². The van der Waals surface area contributed by atoms with Gasteiger partial charge in [-0.3, -0.25) is 0 Å². The summed E-state index contributed by atoms with van der Waals surface area (Å²) in [6.45, 7) is 0.365. The SMILES string of the molecule is COc1ccc(CNC(=O)NCC(O)(c2ccco2)c2cccs2)cc1. The Labute approximate surface area is 155 Å². The minimum absolute atomic E-state index is 0.00449. The van der Waals surface area contributed by atoms with Gasteiger partial charge in [0, 0.05) is 11.4 Å². The van der Waals surface area contributed by atoms with Crippen molar-refractivity contribution in [1.82, 2.24) is 10.6 Å². The van der Waals surface area contributed by atoms with Crippen LogP contribution in [-0.2, 0) is 12.1 Å². The van der Waals surface area contributed by atoms with Crippen molar-refractivity contribution in [1.29, 1.82) is 0 Å². The summed E-state index contributed by atoms with van der Waals surface area (Å²) in [5.41, 5.74) is -0.463. The minimum atomic E-state index is -1.41. The van der Waals surface area contributed by atoms with Gasteiger partial charge < -0.3 is 24.9 Å². The lowest BCUT2D eigenvalue weighted by Gasteiger charge is -2.25. The molecule has 0 fully saturated rings. The van der Waals surface area contributed by atoms with Gasteiger partial charge in [-0.15, -0.1) is 11.3 Å². The van der Waals surface area contributed by atoms with Crippen molar-refractivity contribution in [2.75, 3.05) is 13.7 Å². The molecule has 136 valence electrons. The zero-order valence-electron chi connectivity index (χ0n) is 14.3. The highest BCUT2D eigenvalue weighted by Crippen LogP contribution is 2.32. The van der Waals surface area contributed by atoms with Crippen molar-refractivity contribution in [3.63, 3.8) is 0 Å². The molecule has 2 aromatic heterocycles. The summed E-state index contributed by atoms with van der Waals surface area (Å²) in [7, 11) is 1.61. The number of thiophene rings is 1. The van der Waals surface area contributed by atoms with Crippen molar-refractivity contribution in [2.24, 2.45) is 0 Å². The van der Waals surface area contributed by atoms with E-state index in [9.17, 15) is 9.90 Å². The van der Waals surface area contributed by atoms with Crippen molar-refractivity contribution >= 4 is 17.4 Å². The number of ether oxygens (including phenoxy) is 1. The van der Waals surface area contributed by atoms with Crippen LogP contribution in [-0.4, -0.2) is 24.8 Å². The summed E-state index contributed by atoms with van der Waals surface area (Å²) in [5, 5.41) is 18.4. The molecule has 0 saturated heterocycles. The van der Waals surface area contributed by atoms with E-state index in [4.69, 9.17) is 9.15 Å². The molecule has 3 rings (SSSR count). The quantitative estimate of drug-likeness (QED) is 0.595. The zero-order valence-corrected chi connectivity index (χ0v) is 15.1. The van der Waals surface area contributed by atoms with Gasteiger partial charge in [-0.1, -0.05) is 18.2 Å². The number of hydrogen-bond donors (Lipinski definition) is 3. The molecule has 7 heteroatoms. The number of benzene rings is 1. The molecule has 3 aromatic rings. The molecule has 0 radical (unpaired) electrons. The van der Waals surface area contributed by atoms with Crippen LogP contribution in [0.1, 0.15) is 16.2 Å². The molecular formula is C19H20N2O4S.